The van der Waals surface area contributed by atoms with Gasteiger partial charge in [0.25, 0.3) is 0 Å². The van der Waals surface area contributed by atoms with Crippen molar-refractivity contribution >= 4 is 16.8 Å². The Balaban J connectivity index is 2.01. The smallest absolute Gasteiger partial charge is 0.303 e. The highest BCUT2D eigenvalue weighted by Gasteiger charge is 2.45. The molecule has 0 aromatic carbocycles. The van der Waals surface area contributed by atoms with Crippen molar-refractivity contribution in [1.29, 1.82) is 0 Å². The van der Waals surface area contributed by atoms with E-state index in [9.17, 15) is 9.00 Å². The van der Waals surface area contributed by atoms with Crippen molar-refractivity contribution in [2.45, 2.75) is 71.1 Å². The van der Waals surface area contributed by atoms with Gasteiger partial charge >= 0.3 is 5.97 Å². The molecule has 1 rings (SSSR count). The van der Waals surface area contributed by atoms with Crippen LogP contribution in [0.15, 0.2) is 0 Å². The molecule has 1 N–H and O–H groups in total. The monoisotopic (exact) mass is 288 g/mol. The van der Waals surface area contributed by atoms with Gasteiger partial charge in [0.15, 0.2) is 0 Å². The van der Waals surface area contributed by atoms with Crippen LogP contribution < -0.4 is 0 Å². The van der Waals surface area contributed by atoms with Crippen LogP contribution in [0.5, 0.6) is 0 Å². The van der Waals surface area contributed by atoms with E-state index in [0.717, 1.165) is 25.0 Å². The summed E-state index contributed by atoms with van der Waals surface area (Å²) in [7, 11) is -0.816. The maximum Gasteiger partial charge on any atom is 0.303 e. The minimum atomic E-state index is -0.816. The van der Waals surface area contributed by atoms with E-state index < -0.39 is 16.8 Å². The molecule has 4 heteroatoms. The zero-order valence-electron chi connectivity index (χ0n) is 12.2. The zero-order valence-corrected chi connectivity index (χ0v) is 13.0. The fourth-order valence-electron chi connectivity index (χ4n) is 2.50. The highest BCUT2D eigenvalue weighted by atomic mass is 32.2. The third-order valence-corrected chi connectivity index (χ3v) is 5.60. The maximum absolute atomic E-state index is 11.9. The van der Waals surface area contributed by atoms with Gasteiger partial charge in [0.05, 0.1) is 6.42 Å². The van der Waals surface area contributed by atoms with Crippen molar-refractivity contribution in [2.24, 2.45) is 5.41 Å². The molecular formula is C15H28O3S. The molecule has 0 heterocycles. The summed E-state index contributed by atoms with van der Waals surface area (Å²) in [6.07, 6.45) is 10.8. The van der Waals surface area contributed by atoms with Gasteiger partial charge in [-0.1, -0.05) is 45.4 Å². The maximum atomic E-state index is 11.9. The van der Waals surface area contributed by atoms with E-state index in [1.807, 2.05) is 0 Å². The van der Waals surface area contributed by atoms with Crippen LogP contribution in [0, 0.1) is 5.41 Å². The molecule has 0 aliphatic heterocycles. The summed E-state index contributed by atoms with van der Waals surface area (Å²) in [5, 5.41) is 8.82. The second-order valence-corrected chi connectivity index (χ2v) is 7.56. The molecule has 0 spiro atoms. The second-order valence-electron chi connectivity index (χ2n) is 5.98. The van der Waals surface area contributed by atoms with Crippen molar-refractivity contribution < 1.29 is 14.1 Å². The fourth-order valence-corrected chi connectivity index (χ4v) is 4.25. The van der Waals surface area contributed by atoms with Crippen LogP contribution in [-0.4, -0.2) is 26.8 Å². The van der Waals surface area contributed by atoms with Crippen LogP contribution in [0.2, 0.25) is 0 Å². The molecular weight excluding hydrogens is 260 g/mol. The largest absolute Gasteiger partial charge is 0.481 e. The highest BCUT2D eigenvalue weighted by Crippen LogP contribution is 2.49. The van der Waals surface area contributed by atoms with Gasteiger partial charge in [-0.2, -0.15) is 0 Å². The molecule has 1 fully saturated rings. The minimum Gasteiger partial charge on any atom is -0.481 e. The molecule has 0 amide bonds. The number of hydrogen-bond donors (Lipinski definition) is 1. The van der Waals surface area contributed by atoms with Crippen molar-refractivity contribution in [2.75, 3.05) is 11.5 Å². The van der Waals surface area contributed by atoms with Gasteiger partial charge in [-0.3, -0.25) is 9.00 Å². The Kier molecular flexibility index (Phi) is 7.66. The summed E-state index contributed by atoms with van der Waals surface area (Å²) < 4.78 is 11.9. The van der Waals surface area contributed by atoms with Crippen LogP contribution in [-0.2, 0) is 15.6 Å². The van der Waals surface area contributed by atoms with E-state index in [1.54, 1.807) is 0 Å². The Labute approximate surface area is 119 Å². The topological polar surface area (TPSA) is 54.4 Å². The van der Waals surface area contributed by atoms with E-state index >= 15 is 0 Å². The minimum absolute atomic E-state index is 0.113. The third kappa shape index (κ3) is 7.71. The van der Waals surface area contributed by atoms with Gasteiger partial charge in [0.2, 0.25) is 0 Å². The van der Waals surface area contributed by atoms with E-state index in [1.165, 1.54) is 38.5 Å². The molecule has 0 aromatic heterocycles. The Morgan fingerprint density at radius 1 is 1.11 bits per heavy atom. The molecule has 1 atom stereocenters. The summed E-state index contributed by atoms with van der Waals surface area (Å²) in [6.45, 7) is 2.22. The van der Waals surface area contributed by atoms with Gasteiger partial charge in [-0.25, -0.2) is 0 Å². The third-order valence-electron chi connectivity index (χ3n) is 3.93. The van der Waals surface area contributed by atoms with Crippen LogP contribution >= 0.6 is 0 Å². The van der Waals surface area contributed by atoms with E-state index in [2.05, 4.69) is 6.92 Å². The molecule has 1 aliphatic carbocycles. The summed E-state index contributed by atoms with van der Waals surface area (Å²) in [5.74, 6) is 0.620. The number of unbranched alkanes of at least 4 members (excludes halogenated alkanes) is 6. The molecule has 0 radical (unpaired) electrons. The summed E-state index contributed by atoms with van der Waals surface area (Å²) in [6, 6.07) is 0. The summed E-state index contributed by atoms with van der Waals surface area (Å²) in [5.41, 5.74) is -0.113. The molecule has 1 aliphatic rings. The van der Waals surface area contributed by atoms with Gasteiger partial charge in [0, 0.05) is 22.3 Å². The summed E-state index contributed by atoms with van der Waals surface area (Å²) in [4.78, 5) is 10.7. The van der Waals surface area contributed by atoms with Gasteiger partial charge in [-0.05, 0) is 24.7 Å². The first-order valence-corrected chi connectivity index (χ1v) is 9.13. The number of hydrogen-bond acceptors (Lipinski definition) is 2. The highest BCUT2D eigenvalue weighted by molar-refractivity contribution is 7.85. The van der Waals surface area contributed by atoms with Crippen molar-refractivity contribution in [3.05, 3.63) is 0 Å². The first-order valence-electron chi connectivity index (χ1n) is 7.65. The zero-order chi connectivity index (χ0) is 14.1. The number of carboxylic acids is 1. The molecule has 1 unspecified atom stereocenters. The number of carbonyl (C=O) groups is 1. The number of rotatable bonds is 12. The van der Waals surface area contributed by atoms with Crippen LogP contribution in [0.25, 0.3) is 0 Å². The molecule has 19 heavy (non-hydrogen) atoms. The predicted molar refractivity (Wildman–Crippen MR) is 79.8 cm³/mol. The van der Waals surface area contributed by atoms with Crippen LogP contribution in [0.3, 0.4) is 0 Å². The standard InChI is InChI=1S/C15H28O3S/c1-2-3-4-5-6-7-8-11-19(18)13-15(9-10-15)12-14(16)17/h2-13H2,1H3,(H,16,17). The number of carboxylic acid groups (broad SMARTS) is 1. The molecule has 0 saturated heterocycles. The number of aliphatic carboxylic acids is 1. The Morgan fingerprint density at radius 2 is 1.68 bits per heavy atom. The van der Waals surface area contributed by atoms with E-state index in [-0.39, 0.29) is 11.8 Å². The lowest BCUT2D eigenvalue weighted by atomic mass is 10.1. The average molecular weight is 288 g/mol. The molecule has 1 saturated carbocycles. The normalized spacial score (nSPS) is 18.2. The molecule has 0 bridgehead atoms. The lowest BCUT2D eigenvalue weighted by Crippen LogP contribution is -2.18. The van der Waals surface area contributed by atoms with Gasteiger partial charge in [-0.15, -0.1) is 0 Å². The van der Waals surface area contributed by atoms with Gasteiger partial charge < -0.3 is 5.11 Å². The van der Waals surface area contributed by atoms with Crippen LogP contribution in [0.4, 0.5) is 0 Å². The molecule has 112 valence electrons. The predicted octanol–water partition coefficient (Wildman–Crippen LogP) is 3.74. The molecule has 3 nitrogen and oxygen atoms in total. The fraction of sp³-hybridized carbons (Fsp3) is 0.933. The lowest BCUT2D eigenvalue weighted by Gasteiger charge is -2.11. The lowest BCUT2D eigenvalue weighted by molar-refractivity contribution is -0.138. The SMILES string of the molecule is CCCCCCCCCS(=O)CC1(CC(=O)O)CC1. The summed E-state index contributed by atoms with van der Waals surface area (Å²) >= 11 is 0. The van der Waals surface area contributed by atoms with Crippen LogP contribution in [0.1, 0.15) is 71.1 Å². The quantitative estimate of drug-likeness (QED) is 0.557. The molecule has 0 aromatic rings. The Bertz CT molecular complexity index is 298. The Morgan fingerprint density at radius 3 is 2.21 bits per heavy atom. The van der Waals surface area contributed by atoms with Crippen molar-refractivity contribution in [3.8, 4) is 0 Å². The Hall–Kier alpha value is -0.380. The first-order chi connectivity index (χ1) is 9.08. The van der Waals surface area contributed by atoms with Gasteiger partial charge in [0.1, 0.15) is 0 Å². The van der Waals surface area contributed by atoms with E-state index in [4.69, 9.17) is 5.11 Å². The van der Waals surface area contributed by atoms with Crippen molar-refractivity contribution in [3.63, 3.8) is 0 Å². The second kappa shape index (κ2) is 8.72. The van der Waals surface area contributed by atoms with Crippen molar-refractivity contribution in [1.82, 2.24) is 0 Å². The van der Waals surface area contributed by atoms with E-state index in [0.29, 0.717) is 5.75 Å². The first kappa shape index (κ1) is 16.7. The average Bonchev–Trinajstić information content (AvgIpc) is 3.06.